The number of hydrogen-bond donors (Lipinski definition) is 1. The number of carbonyl (C=O) groups excluding carboxylic acids is 1. The number of hydrogen-bond acceptors (Lipinski definition) is 5. The second kappa shape index (κ2) is 8.74. The number of para-hydroxylation sites is 1. The average molecular weight is 392 g/mol. The number of amides is 1. The Balaban J connectivity index is 1.91. The molecule has 1 amide bonds. The van der Waals surface area contributed by atoms with Crippen LogP contribution >= 0.6 is 0 Å². The van der Waals surface area contributed by atoms with Gasteiger partial charge in [0.25, 0.3) is 5.56 Å². The first-order valence-electron chi connectivity index (χ1n) is 9.68. The van der Waals surface area contributed by atoms with Gasteiger partial charge in [0.15, 0.2) is 0 Å². The van der Waals surface area contributed by atoms with Crippen LogP contribution in [0.15, 0.2) is 34.1 Å². The number of nitrogens with zero attached hydrogens (tertiary/aromatic N) is 4. The molecule has 0 unspecified atom stereocenters. The minimum absolute atomic E-state index is 0.00807. The summed E-state index contributed by atoms with van der Waals surface area (Å²) < 4.78 is 1.20. The lowest BCUT2D eigenvalue weighted by molar-refractivity contribution is -0.127. The van der Waals surface area contributed by atoms with E-state index in [9.17, 15) is 20.0 Å². The van der Waals surface area contributed by atoms with Gasteiger partial charge in [0.2, 0.25) is 11.8 Å². The lowest BCUT2D eigenvalue weighted by Crippen LogP contribution is -2.29. The molecule has 1 aliphatic heterocycles. The molecule has 1 N–H and O–H groups in total. The summed E-state index contributed by atoms with van der Waals surface area (Å²) in [6.07, 6.45) is 3.43. The van der Waals surface area contributed by atoms with E-state index in [2.05, 4.69) is 4.99 Å². The molecule has 0 radical (unpaired) electrons. The number of aromatic nitrogens is 1. The fourth-order valence-corrected chi connectivity index (χ4v) is 3.54. The molecule has 0 aliphatic carbocycles. The number of aromatic hydroxyl groups is 1. The normalized spacial score (nSPS) is 14.0. The molecule has 2 aromatic rings. The first kappa shape index (κ1) is 20.3. The van der Waals surface area contributed by atoms with Crippen molar-refractivity contribution >= 4 is 17.8 Å². The predicted molar refractivity (Wildman–Crippen MR) is 111 cm³/mol. The lowest BCUT2D eigenvalue weighted by atomic mass is 10.1. The van der Waals surface area contributed by atoms with Crippen LogP contribution < -0.4 is 5.56 Å². The summed E-state index contributed by atoms with van der Waals surface area (Å²) in [4.78, 5) is 30.6. The third-order valence-corrected chi connectivity index (χ3v) is 5.28. The van der Waals surface area contributed by atoms with Crippen molar-refractivity contribution in [2.45, 2.75) is 39.7 Å². The predicted octanol–water partition coefficient (Wildman–Crippen LogP) is 2.81. The summed E-state index contributed by atoms with van der Waals surface area (Å²) in [6, 6.07) is 9.52. The molecule has 3 rings (SSSR count). The van der Waals surface area contributed by atoms with E-state index in [4.69, 9.17) is 0 Å². The van der Waals surface area contributed by atoms with Gasteiger partial charge in [-0.3, -0.25) is 19.1 Å². The smallest absolute Gasteiger partial charge is 0.271 e. The SMILES string of the molecule is Cc1ccccc1N=Cc1c(C)c(C#N)c(=O)n(CCCN2CCCC2=O)c1O. The number of aliphatic imine (C=N–C) groups is 1. The summed E-state index contributed by atoms with van der Waals surface area (Å²) in [6.45, 7) is 5.03. The monoisotopic (exact) mass is 392 g/mol. The van der Waals surface area contributed by atoms with Crippen molar-refractivity contribution in [1.29, 1.82) is 5.26 Å². The number of nitriles is 1. The van der Waals surface area contributed by atoms with Crippen molar-refractivity contribution in [1.82, 2.24) is 9.47 Å². The van der Waals surface area contributed by atoms with Crippen molar-refractivity contribution < 1.29 is 9.90 Å². The molecule has 0 atom stereocenters. The third-order valence-electron chi connectivity index (χ3n) is 5.28. The zero-order valence-electron chi connectivity index (χ0n) is 16.7. The highest BCUT2D eigenvalue weighted by molar-refractivity contribution is 5.87. The largest absolute Gasteiger partial charge is 0.494 e. The van der Waals surface area contributed by atoms with Crippen molar-refractivity contribution in [3.63, 3.8) is 0 Å². The summed E-state index contributed by atoms with van der Waals surface area (Å²) >= 11 is 0. The fourth-order valence-electron chi connectivity index (χ4n) is 3.54. The Morgan fingerprint density at radius 1 is 1.24 bits per heavy atom. The second-order valence-electron chi connectivity index (χ2n) is 7.19. The molecule has 1 aromatic carbocycles. The van der Waals surface area contributed by atoms with Gasteiger partial charge in [0.05, 0.1) is 11.3 Å². The average Bonchev–Trinajstić information content (AvgIpc) is 3.11. The van der Waals surface area contributed by atoms with Crippen LogP contribution in [0.4, 0.5) is 5.69 Å². The Morgan fingerprint density at radius 2 is 2.00 bits per heavy atom. The summed E-state index contributed by atoms with van der Waals surface area (Å²) in [7, 11) is 0. The van der Waals surface area contributed by atoms with Gasteiger partial charge in [-0.05, 0) is 43.9 Å². The van der Waals surface area contributed by atoms with Gasteiger partial charge < -0.3 is 10.0 Å². The standard InChI is InChI=1S/C22H24N4O3/c1-15-7-3-4-8-19(15)24-14-18-16(2)17(13-23)21(28)26(22(18)29)12-6-11-25-10-5-9-20(25)27/h3-4,7-8,14,29H,5-6,9-12H2,1-2H3. The highest BCUT2D eigenvalue weighted by Crippen LogP contribution is 2.23. The van der Waals surface area contributed by atoms with E-state index >= 15 is 0 Å². The van der Waals surface area contributed by atoms with Crippen LogP contribution in [-0.4, -0.2) is 39.8 Å². The maximum absolute atomic E-state index is 12.7. The number of rotatable bonds is 6. The van der Waals surface area contributed by atoms with Crippen molar-refractivity contribution in [3.05, 3.63) is 56.9 Å². The Hall–Kier alpha value is -3.40. The van der Waals surface area contributed by atoms with Crippen LogP contribution in [-0.2, 0) is 11.3 Å². The molecule has 7 heteroatoms. The van der Waals surface area contributed by atoms with Crippen molar-refractivity contribution in [2.75, 3.05) is 13.1 Å². The first-order chi connectivity index (χ1) is 13.9. The Bertz CT molecular complexity index is 1060. The second-order valence-corrected chi connectivity index (χ2v) is 7.19. The van der Waals surface area contributed by atoms with Crippen LogP contribution in [0.5, 0.6) is 5.88 Å². The van der Waals surface area contributed by atoms with Gasteiger partial charge in [-0.25, -0.2) is 0 Å². The Kier molecular flexibility index (Phi) is 6.13. The molecule has 7 nitrogen and oxygen atoms in total. The maximum Gasteiger partial charge on any atom is 0.271 e. The molecule has 1 fully saturated rings. The van der Waals surface area contributed by atoms with E-state index in [1.807, 2.05) is 37.3 Å². The Morgan fingerprint density at radius 3 is 2.66 bits per heavy atom. The van der Waals surface area contributed by atoms with Gasteiger partial charge in [-0.1, -0.05) is 18.2 Å². The van der Waals surface area contributed by atoms with Crippen LogP contribution in [0.2, 0.25) is 0 Å². The van der Waals surface area contributed by atoms with Crippen LogP contribution in [0.25, 0.3) is 0 Å². The maximum atomic E-state index is 12.7. The van der Waals surface area contributed by atoms with Gasteiger partial charge in [-0.15, -0.1) is 0 Å². The first-order valence-corrected chi connectivity index (χ1v) is 9.68. The summed E-state index contributed by atoms with van der Waals surface area (Å²) in [5.41, 5.74) is 1.94. The van der Waals surface area contributed by atoms with E-state index in [0.717, 1.165) is 24.2 Å². The fraction of sp³-hybridized carbons (Fsp3) is 0.364. The molecule has 0 spiro atoms. The minimum atomic E-state index is -0.525. The highest BCUT2D eigenvalue weighted by Gasteiger charge is 2.21. The lowest BCUT2D eigenvalue weighted by Gasteiger charge is -2.17. The van der Waals surface area contributed by atoms with Gasteiger partial charge in [-0.2, -0.15) is 5.26 Å². The van der Waals surface area contributed by atoms with Crippen LogP contribution in [0.3, 0.4) is 0 Å². The molecular weight excluding hydrogens is 368 g/mol. The molecule has 0 bridgehead atoms. The summed E-state index contributed by atoms with van der Waals surface area (Å²) in [5, 5.41) is 20.2. The number of benzene rings is 1. The molecule has 1 aromatic heterocycles. The number of carbonyl (C=O) groups is 1. The third kappa shape index (κ3) is 4.21. The Labute approximate surface area is 169 Å². The number of likely N-dealkylation sites (tertiary alicyclic amines) is 1. The molecule has 150 valence electrons. The van der Waals surface area contributed by atoms with E-state index in [1.165, 1.54) is 10.8 Å². The molecule has 1 saturated heterocycles. The highest BCUT2D eigenvalue weighted by atomic mass is 16.3. The topological polar surface area (TPSA) is 98.7 Å². The molecule has 1 aliphatic rings. The van der Waals surface area contributed by atoms with E-state index in [-0.39, 0.29) is 23.9 Å². The number of pyridine rings is 1. The molecule has 29 heavy (non-hydrogen) atoms. The van der Waals surface area contributed by atoms with E-state index in [1.54, 1.807) is 11.8 Å². The minimum Gasteiger partial charge on any atom is -0.494 e. The van der Waals surface area contributed by atoms with Gasteiger partial charge >= 0.3 is 0 Å². The van der Waals surface area contributed by atoms with Crippen LogP contribution in [0, 0.1) is 25.2 Å². The zero-order valence-corrected chi connectivity index (χ0v) is 16.7. The summed E-state index contributed by atoms with van der Waals surface area (Å²) in [5.74, 6) is -0.0918. The number of aryl methyl sites for hydroxylation is 1. The van der Waals surface area contributed by atoms with E-state index in [0.29, 0.717) is 30.5 Å². The van der Waals surface area contributed by atoms with Crippen LogP contribution in [0.1, 0.15) is 41.5 Å². The molecule has 2 heterocycles. The van der Waals surface area contributed by atoms with Crippen molar-refractivity contribution in [2.24, 2.45) is 4.99 Å². The molecule has 0 saturated carbocycles. The zero-order chi connectivity index (χ0) is 21.0. The van der Waals surface area contributed by atoms with Gasteiger partial charge in [0, 0.05) is 32.3 Å². The molecular formula is C22H24N4O3. The van der Waals surface area contributed by atoms with Gasteiger partial charge in [0.1, 0.15) is 11.6 Å². The van der Waals surface area contributed by atoms with Crippen molar-refractivity contribution in [3.8, 4) is 11.9 Å². The quantitative estimate of drug-likeness (QED) is 0.764. The van der Waals surface area contributed by atoms with E-state index < -0.39 is 5.56 Å².